The van der Waals surface area contributed by atoms with Gasteiger partial charge in [0, 0.05) is 0 Å². The van der Waals surface area contributed by atoms with E-state index in [0.717, 1.165) is 12.8 Å². The van der Waals surface area contributed by atoms with Gasteiger partial charge in [-0.2, -0.15) is 0 Å². The summed E-state index contributed by atoms with van der Waals surface area (Å²) in [5.74, 6) is 0. The molecule has 2 atom stereocenters. The van der Waals surface area contributed by atoms with Gasteiger partial charge in [-0.05, 0) is 0 Å². The van der Waals surface area contributed by atoms with Crippen LogP contribution in [0.15, 0.2) is 23.8 Å². The number of rotatable bonds is 4. The third kappa shape index (κ3) is 2.21. The van der Waals surface area contributed by atoms with Crippen molar-refractivity contribution in [2.45, 2.75) is 57.9 Å². The van der Waals surface area contributed by atoms with Crippen LogP contribution in [0.2, 0.25) is 0 Å². The number of allylic oxidation sites excluding steroid dienone is 4. The van der Waals surface area contributed by atoms with E-state index < -0.39 is 11.5 Å². The molecule has 0 amide bonds. The molecule has 2 aliphatic rings. The molecule has 0 aromatic heterocycles. The van der Waals surface area contributed by atoms with Gasteiger partial charge in [0.2, 0.25) is 0 Å². The molecule has 2 unspecified atom stereocenters. The van der Waals surface area contributed by atoms with Crippen LogP contribution < -0.4 is 0 Å². The van der Waals surface area contributed by atoms with Crippen LogP contribution in [-0.4, -0.2) is 14.3 Å². The summed E-state index contributed by atoms with van der Waals surface area (Å²) in [5.41, 5.74) is 1.68. The van der Waals surface area contributed by atoms with Crippen molar-refractivity contribution in [2.75, 3.05) is 0 Å². The number of halogens is 2. The molecule has 2 rings (SSSR count). The summed E-state index contributed by atoms with van der Waals surface area (Å²) >= 11 is -2.43. The summed E-state index contributed by atoms with van der Waals surface area (Å²) < 4.78 is 2.39. The van der Waals surface area contributed by atoms with E-state index in [1.165, 1.54) is 5.57 Å². The Morgan fingerprint density at radius 1 is 1.44 bits per heavy atom. The van der Waals surface area contributed by atoms with Crippen LogP contribution in [0.4, 0.5) is 0 Å². The molecular formula is C14H23Cl2CrN. The van der Waals surface area contributed by atoms with E-state index in [1.54, 1.807) is 0 Å². The predicted octanol–water partition coefficient (Wildman–Crippen LogP) is 5.11. The standard InChI is InChI=1S/C14H23N.2ClH.Cr/c1-11(2)15-12(3)10-14(4,5)13-8-6-7-9-13;;;/h6-8,11H,9-10H2,1-5H3;2*1H;/q-1;;;+3/p-2. The van der Waals surface area contributed by atoms with Crippen molar-refractivity contribution < 1.29 is 11.5 Å². The van der Waals surface area contributed by atoms with Crippen LogP contribution in [0.1, 0.15) is 47.5 Å². The van der Waals surface area contributed by atoms with Gasteiger partial charge in [-0.15, -0.1) is 0 Å². The molecule has 1 fully saturated rings. The first-order chi connectivity index (χ1) is 8.13. The van der Waals surface area contributed by atoms with Crippen molar-refractivity contribution in [1.29, 1.82) is 0 Å². The van der Waals surface area contributed by atoms with E-state index in [4.69, 9.17) is 20.1 Å². The van der Waals surface area contributed by atoms with Crippen LogP contribution in [0.3, 0.4) is 0 Å². The van der Waals surface area contributed by atoms with Gasteiger partial charge in [0.15, 0.2) is 0 Å². The van der Waals surface area contributed by atoms with Crippen LogP contribution in [-0.2, 0) is 11.5 Å². The summed E-state index contributed by atoms with van der Waals surface area (Å²) in [7, 11) is 13.3. The maximum atomic E-state index is 6.63. The Balaban J connectivity index is 2.15. The molecule has 0 spiro atoms. The Bertz CT molecular complexity index is 412. The molecule has 1 aliphatic heterocycles. The predicted molar refractivity (Wildman–Crippen MR) is 77.3 cm³/mol. The normalized spacial score (nSPS) is 35.8. The molecule has 1 saturated heterocycles. The van der Waals surface area contributed by atoms with Gasteiger partial charge in [-0.25, -0.2) is 0 Å². The second-order valence-electron chi connectivity index (χ2n) is 6.42. The van der Waals surface area contributed by atoms with Crippen LogP contribution >= 0.6 is 20.1 Å². The second-order valence-corrected chi connectivity index (χ2v) is 14.1. The third-order valence-electron chi connectivity index (χ3n) is 4.09. The zero-order valence-corrected chi connectivity index (χ0v) is 14.6. The molecule has 1 heterocycles. The third-order valence-corrected chi connectivity index (χ3v) is 12.0. The van der Waals surface area contributed by atoms with E-state index in [9.17, 15) is 0 Å². The Hall–Kier alpha value is 0.552. The Kier molecular flexibility index (Phi) is 3.77. The average Bonchev–Trinajstić information content (AvgIpc) is 2.60. The summed E-state index contributed by atoms with van der Waals surface area (Å²) in [6.45, 7) is 11.2. The molecule has 18 heavy (non-hydrogen) atoms. The Morgan fingerprint density at radius 3 is 2.44 bits per heavy atom. The molecular weight excluding hydrogens is 305 g/mol. The Morgan fingerprint density at radius 2 is 2.06 bits per heavy atom. The zero-order chi connectivity index (χ0) is 13.8. The van der Waals surface area contributed by atoms with Crippen LogP contribution in [0.25, 0.3) is 0 Å². The quantitative estimate of drug-likeness (QED) is 0.649. The van der Waals surface area contributed by atoms with E-state index in [2.05, 4.69) is 56.7 Å². The summed E-state index contributed by atoms with van der Waals surface area (Å²) in [4.78, 5) is 0. The van der Waals surface area contributed by atoms with Gasteiger partial charge < -0.3 is 0 Å². The minimum absolute atomic E-state index is 0.0285. The minimum atomic E-state index is -2.43. The van der Waals surface area contributed by atoms with Gasteiger partial charge in [0.1, 0.15) is 0 Å². The molecule has 0 radical (unpaired) electrons. The Labute approximate surface area is 122 Å². The van der Waals surface area contributed by atoms with Crippen molar-refractivity contribution in [3.63, 3.8) is 0 Å². The van der Waals surface area contributed by atoms with Crippen LogP contribution in [0, 0.1) is 5.41 Å². The van der Waals surface area contributed by atoms with Gasteiger partial charge in [-0.1, -0.05) is 0 Å². The molecule has 1 aliphatic carbocycles. The SMILES string of the molecule is CC(C)[N]1[C](C)(CC(C)(C)C2=CC=CC2)[Cr]1([Cl])[Cl]. The maximum absolute atomic E-state index is 6.63. The van der Waals surface area contributed by atoms with Crippen molar-refractivity contribution in [1.82, 2.24) is 3.88 Å². The van der Waals surface area contributed by atoms with Crippen molar-refractivity contribution in [2.24, 2.45) is 5.41 Å². The molecule has 0 saturated carbocycles. The van der Waals surface area contributed by atoms with E-state index in [1.807, 2.05) is 0 Å². The summed E-state index contributed by atoms with van der Waals surface area (Å²) in [6.07, 6.45) is 8.75. The number of hydrogen-bond donors (Lipinski definition) is 0. The molecule has 1 nitrogen and oxygen atoms in total. The number of hydrogen-bond acceptors (Lipinski definition) is 1. The van der Waals surface area contributed by atoms with Gasteiger partial charge in [-0.3, -0.25) is 0 Å². The topological polar surface area (TPSA) is 3.01 Å². The fraction of sp³-hybridized carbons (Fsp3) is 0.714. The zero-order valence-electron chi connectivity index (χ0n) is 11.8. The van der Waals surface area contributed by atoms with Crippen molar-refractivity contribution >= 4 is 20.1 Å². The van der Waals surface area contributed by atoms with Crippen LogP contribution in [0.5, 0.6) is 0 Å². The van der Waals surface area contributed by atoms with Gasteiger partial charge >= 0.3 is 123 Å². The van der Waals surface area contributed by atoms with Gasteiger partial charge in [0.25, 0.3) is 0 Å². The molecule has 0 bridgehead atoms. The molecule has 0 aromatic rings. The van der Waals surface area contributed by atoms with E-state index in [0.29, 0.717) is 6.04 Å². The fourth-order valence-corrected chi connectivity index (χ4v) is 10.9. The molecule has 0 aromatic carbocycles. The van der Waals surface area contributed by atoms with E-state index >= 15 is 0 Å². The van der Waals surface area contributed by atoms with Gasteiger partial charge in [0.05, 0.1) is 0 Å². The second kappa shape index (κ2) is 4.54. The van der Waals surface area contributed by atoms with E-state index in [-0.39, 0.29) is 9.82 Å². The monoisotopic (exact) mass is 327 g/mol. The van der Waals surface area contributed by atoms with Crippen molar-refractivity contribution in [3.05, 3.63) is 23.8 Å². The average molecular weight is 328 g/mol. The first-order valence-electron chi connectivity index (χ1n) is 6.51. The first-order valence-corrected chi connectivity index (χ1v) is 11.2. The van der Waals surface area contributed by atoms with Crippen molar-refractivity contribution in [3.8, 4) is 0 Å². The first kappa shape index (κ1) is 15.0. The molecule has 0 N–H and O–H groups in total. The molecule has 4 heteroatoms. The summed E-state index contributed by atoms with van der Waals surface area (Å²) in [5, 5.41) is 0. The number of nitrogens with zero attached hydrogens (tertiary/aromatic N) is 1. The summed E-state index contributed by atoms with van der Waals surface area (Å²) in [6, 6.07) is 0.441. The fourth-order valence-electron chi connectivity index (χ4n) is 3.24. The molecule has 104 valence electrons.